The third-order valence-corrected chi connectivity index (χ3v) is 19.6. The summed E-state index contributed by atoms with van der Waals surface area (Å²) in [6, 6.07) is 0. The van der Waals surface area contributed by atoms with Gasteiger partial charge in [-0.3, -0.25) is 28.8 Å². The van der Waals surface area contributed by atoms with Gasteiger partial charge in [0.25, 0.3) is 0 Å². The Balaban J connectivity index is 1.15. The lowest BCUT2D eigenvalue weighted by atomic mass is 9.80. The van der Waals surface area contributed by atoms with Gasteiger partial charge >= 0.3 is 35.8 Å². The number of carbonyl (C=O) groups excluding carboxylic acids is 6. The Hall–Kier alpha value is -3.26. The highest BCUT2D eigenvalue weighted by atomic mass is 16.6. The molecule has 0 aromatic heterocycles. The molecule has 0 aliphatic heterocycles. The number of ether oxygens (including phenoxy) is 6. The topological polar surface area (TPSA) is 181 Å². The Labute approximate surface area is 516 Å². The molecular weight excluding hydrogens is 1070 g/mol. The number of esters is 6. The van der Waals surface area contributed by atoms with Crippen molar-refractivity contribution >= 4 is 35.8 Å². The van der Waals surface area contributed by atoms with Crippen molar-refractivity contribution in [3.8, 4) is 0 Å². The summed E-state index contributed by atoms with van der Waals surface area (Å²) in [5, 5.41) is 10.3. The second-order valence-corrected chi connectivity index (χ2v) is 27.2. The predicted molar refractivity (Wildman–Crippen MR) is 336 cm³/mol. The molecule has 0 amide bonds. The second kappa shape index (κ2) is 45.9. The summed E-state index contributed by atoms with van der Waals surface area (Å²) in [5.74, 6) is -0.0567. The Morgan fingerprint density at radius 1 is 0.353 bits per heavy atom. The lowest BCUT2D eigenvalue weighted by Gasteiger charge is -2.28. The maximum absolute atomic E-state index is 13.3. The largest absolute Gasteiger partial charge is 0.465 e. The standard InChI is InChI=1S/C71H125NO13/c1-6-10-16-24-56-30-38-62(39-31-56)68(76)82-51-60(52-83-69(77)63-40-32-57(33-41-63)25-17-11-7-2)49-80-66(74)28-20-14-22-46-72(48-55(5)73)47-23-15-21-29-67(75)81-50-61(53-84-70(78)64-42-34-58(35-43-64)26-18-12-8-3)54-85-71(79)65-44-36-59(37-45-65)27-19-13-9-4/h55-65,73H,6-54H2,1-5H3/t55-,56?,57?,58?,59?,60?,61?,62?,63?,64?,65?/m1/s1. The fraction of sp³-hybridized carbons (Fsp3) is 0.915. The predicted octanol–water partition coefficient (Wildman–Crippen LogP) is 15.8. The molecule has 14 nitrogen and oxygen atoms in total. The number of unbranched alkanes of at least 4 members (excludes halogenated alkanes) is 12. The minimum atomic E-state index is -0.501. The van der Waals surface area contributed by atoms with E-state index in [0.717, 1.165) is 142 Å². The molecule has 4 aliphatic rings. The lowest BCUT2D eigenvalue weighted by Crippen LogP contribution is -2.33. The van der Waals surface area contributed by atoms with Crippen molar-refractivity contribution in [1.29, 1.82) is 0 Å². The van der Waals surface area contributed by atoms with Crippen molar-refractivity contribution in [2.45, 2.75) is 298 Å². The Morgan fingerprint density at radius 3 is 0.859 bits per heavy atom. The number of carbonyl (C=O) groups is 6. The van der Waals surface area contributed by atoms with Crippen molar-refractivity contribution in [2.24, 2.45) is 59.2 Å². The smallest absolute Gasteiger partial charge is 0.308 e. The first kappa shape index (κ1) is 74.2. The van der Waals surface area contributed by atoms with Crippen LogP contribution in [0.15, 0.2) is 0 Å². The van der Waals surface area contributed by atoms with Crippen LogP contribution in [0.2, 0.25) is 0 Å². The minimum absolute atomic E-state index is 0.0164. The van der Waals surface area contributed by atoms with Gasteiger partial charge in [0.15, 0.2) is 0 Å². The first-order valence-corrected chi connectivity index (χ1v) is 35.7. The molecular formula is C71H125NO13. The van der Waals surface area contributed by atoms with Crippen LogP contribution in [0.5, 0.6) is 0 Å². The van der Waals surface area contributed by atoms with E-state index in [1.165, 1.54) is 103 Å². The molecule has 4 fully saturated rings. The van der Waals surface area contributed by atoms with Crippen molar-refractivity contribution in [3.63, 3.8) is 0 Å². The fourth-order valence-corrected chi connectivity index (χ4v) is 13.8. The van der Waals surface area contributed by atoms with Crippen LogP contribution < -0.4 is 0 Å². The maximum atomic E-state index is 13.3. The number of nitrogens with zero attached hydrogens (tertiary/aromatic N) is 1. The molecule has 0 bridgehead atoms. The normalized spacial score (nSPS) is 23.8. The lowest BCUT2D eigenvalue weighted by molar-refractivity contribution is -0.161. The summed E-state index contributed by atoms with van der Waals surface area (Å²) in [7, 11) is 0. The van der Waals surface area contributed by atoms with Crippen LogP contribution >= 0.6 is 0 Å². The average Bonchev–Trinajstić information content (AvgIpc) is 3.66. The first-order chi connectivity index (χ1) is 41.3. The fourth-order valence-electron chi connectivity index (χ4n) is 13.8. The summed E-state index contributed by atoms with van der Waals surface area (Å²) >= 11 is 0. The van der Waals surface area contributed by atoms with Gasteiger partial charge in [-0.05, 0) is 172 Å². The first-order valence-electron chi connectivity index (χ1n) is 35.7. The van der Waals surface area contributed by atoms with Gasteiger partial charge in [-0.2, -0.15) is 0 Å². The zero-order valence-corrected chi connectivity index (χ0v) is 54.8. The monoisotopic (exact) mass is 1200 g/mol. The van der Waals surface area contributed by atoms with E-state index in [9.17, 15) is 33.9 Å². The Bertz CT molecular complexity index is 1560. The van der Waals surface area contributed by atoms with E-state index in [0.29, 0.717) is 43.1 Å². The zero-order valence-electron chi connectivity index (χ0n) is 54.8. The molecule has 4 rings (SSSR count). The third kappa shape index (κ3) is 33.2. The van der Waals surface area contributed by atoms with Crippen molar-refractivity contribution in [2.75, 3.05) is 59.3 Å². The quantitative estimate of drug-likeness (QED) is 0.0345. The van der Waals surface area contributed by atoms with Crippen LogP contribution in [0.3, 0.4) is 0 Å². The van der Waals surface area contributed by atoms with Crippen LogP contribution in [0.1, 0.15) is 291 Å². The van der Waals surface area contributed by atoms with Crippen LogP contribution in [-0.4, -0.2) is 111 Å². The van der Waals surface area contributed by atoms with Gasteiger partial charge in [0, 0.05) is 19.4 Å². The number of aliphatic hydroxyl groups excluding tert-OH is 1. The summed E-state index contributed by atoms with van der Waals surface area (Å²) in [6.45, 7) is 12.9. The van der Waals surface area contributed by atoms with Crippen molar-refractivity contribution < 1.29 is 62.3 Å². The third-order valence-electron chi connectivity index (χ3n) is 19.6. The Kier molecular flexibility index (Phi) is 40.1. The van der Waals surface area contributed by atoms with Gasteiger partial charge in [0.2, 0.25) is 0 Å². The Morgan fingerprint density at radius 2 is 0.612 bits per heavy atom. The molecule has 0 spiro atoms. The number of rotatable bonds is 46. The number of hydrogen-bond donors (Lipinski definition) is 1. The molecule has 0 aromatic carbocycles. The van der Waals surface area contributed by atoms with E-state index >= 15 is 0 Å². The van der Waals surface area contributed by atoms with Gasteiger partial charge in [-0.1, -0.05) is 143 Å². The van der Waals surface area contributed by atoms with E-state index in [-0.39, 0.29) is 112 Å². The number of aliphatic hydroxyl groups is 1. The minimum Gasteiger partial charge on any atom is -0.465 e. The van der Waals surface area contributed by atoms with E-state index in [1.807, 2.05) is 0 Å². The molecule has 0 unspecified atom stereocenters. The average molecular weight is 1200 g/mol. The molecule has 1 N–H and O–H groups in total. The molecule has 1 atom stereocenters. The van der Waals surface area contributed by atoms with Crippen molar-refractivity contribution in [1.82, 2.24) is 4.90 Å². The zero-order chi connectivity index (χ0) is 61.3. The molecule has 0 aromatic rings. The van der Waals surface area contributed by atoms with E-state index in [2.05, 4.69) is 32.6 Å². The molecule has 4 saturated carbocycles. The van der Waals surface area contributed by atoms with Crippen molar-refractivity contribution in [3.05, 3.63) is 0 Å². The van der Waals surface area contributed by atoms with Crippen LogP contribution in [0.4, 0.5) is 0 Å². The van der Waals surface area contributed by atoms with Gasteiger partial charge in [0.1, 0.15) is 39.6 Å². The van der Waals surface area contributed by atoms with Gasteiger partial charge < -0.3 is 38.4 Å². The second-order valence-electron chi connectivity index (χ2n) is 27.2. The highest BCUT2D eigenvalue weighted by Crippen LogP contribution is 2.36. The van der Waals surface area contributed by atoms with Crippen LogP contribution in [-0.2, 0) is 57.2 Å². The molecule has 85 heavy (non-hydrogen) atoms. The highest BCUT2D eigenvalue weighted by molar-refractivity contribution is 5.74. The highest BCUT2D eigenvalue weighted by Gasteiger charge is 2.33. The summed E-state index contributed by atoms with van der Waals surface area (Å²) < 4.78 is 35.0. The summed E-state index contributed by atoms with van der Waals surface area (Å²) in [5.41, 5.74) is 0. The van der Waals surface area contributed by atoms with E-state index < -0.39 is 17.9 Å². The molecule has 4 aliphatic carbocycles. The SMILES string of the molecule is CCCCCC1CCC(C(=O)OCC(COC(=O)CCCCCN(CCCCCC(=O)OCC(COC(=O)C2CCC(CCCCC)CC2)COC(=O)C2CCC(CCCCC)CC2)C[C@@H](C)O)COC(=O)C2CCC(CCCCC)CC2)CC1. The van der Waals surface area contributed by atoms with Gasteiger partial charge in [0.05, 0.1) is 41.6 Å². The molecule has 0 heterocycles. The maximum Gasteiger partial charge on any atom is 0.308 e. The van der Waals surface area contributed by atoms with Gasteiger partial charge in [-0.25, -0.2) is 0 Å². The molecule has 14 heteroatoms. The van der Waals surface area contributed by atoms with Crippen LogP contribution in [0.25, 0.3) is 0 Å². The van der Waals surface area contributed by atoms with E-state index in [1.54, 1.807) is 6.92 Å². The van der Waals surface area contributed by atoms with Crippen LogP contribution in [0, 0.1) is 59.2 Å². The molecule has 492 valence electrons. The summed E-state index contributed by atoms with van der Waals surface area (Å²) in [6.07, 6.45) is 39.5. The molecule has 0 radical (unpaired) electrons. The summed E-state index contributed by atoms with van der Waals surface area (Å²) in [4.78, 5) is 81.5. The number of hydrogen-bond acceptors (Lipinski definition) is 14. The molecule has 0 saturated heterocycles. The van der Waals surface area contributed by atoms with Gasteiger partial charge in [-0.15, -0.1) is 0 Å². The van der Waals surface area contributed by atoms with E-state index in [4.69, 9.17) is 28.4 Å².